The first-order chi connectivity index (χ1) is 17.6. The van der Waals surface area contributed by atoms with Crippen LogP contribution in [0.15, 0.2) is 72.8 Å². The van der Waals surface area contributed by atoms with Gasteiger partial charge in [-0.15, -0.1) is 0 Å². The third-order valence-electron chi connectivity index (χ3n) is 7.14. The predicted octanol–water partition coefficient (Wildman–Crippen LogP) is 5.25. The van der Waals surface area contributed by atoms with Gasteiger partial charge < -0.3 is 24.6 Å². The molecule has 1 aliphatic carbocycles. The van der Waals surface area contributed by atoms with E-state index in [0.29, 0.717) is 30.3 Å². The molecule has 4 aromatic rings. The number of carbonyl (C=O) groups is 1. The summed E-state index contributed by atoms with van der Waals surface area (Å²) in [5.41, 5.74) is 3.50. The number of amides is 1. The zero-order chi connectivity index (χ0) is 25.0. The van der Waals surface area contributed by atoms with Gasteiger partial charge in [0.25, 0.3) is 5.91 Å². The quantitative estimate of drug-likeness (QED) is 0.281. The Morgan fingerprint density at radius 2 is 1.81 bits per heavy atom. The van der Waals surface area contributed by atoms with Crippen molar-refractivity contribution in [1.29, 1.82) is 0 Å². The predicted molar refractivity (Wildman–Crippen MR) is 139 cm³/mol. The molecule has 36 heavy (non-hydrogen) atoms. The number of H-pyrrole nitrogens is 1. The first kappa shape index (κ1) is 23.8. The molecule has 7 nitrogen and oxygen atoms in total. The first-order valence-electron chi connectivity index (χ1n) is 12.2. The van der Waals surface area contributed by atoms with Gasteiger partial charge in [0.05, 0.1) is 7.11 Å². The Hall–Kier alpha value is -3.97. The zero-order valence-electron chi connectivity index (χ0n) is 20.4. The molecule has 0 atom stereocenters. The van der Waals surface area contributed by atoms with Crippen LogP contribution in [-0.4, -0.2) is 24.5 Å². The van der Waals surface area contributed by atoms with Gasteiger partial charge in [0.1, 0.15) is 18.1 Å². The van der Waals surface area contributed by atoms with E-state index in [4.69, 9.17) is 20.2 Å². The van der Waals surface area contributed by atoms with Crippen LogP contribution in [0.4, 0.5) is 0 Å². The molecule has 1 fully saturated rings. The molecule has 186 valence electrons. The molecule has 1 aromatic heterocycles. The van der Waals surface area contributed by atoms with Crippen molar-refractivity contribution in [2.75, 3.05) is 13.7 Å². The van der Waals surface area contributed by atoms with Gasteiger partial charge in [0.2, 0.25) is 0 Å². The number of fused-ring (bicyclic) bond motifs is 1. The van der Waals surface area contributed by atoms with E-state index in [1.165, 1.54) is 0 Å². The van der Waals surface area contributed by atoms with E-state index in [0.717, 1.165) is 53.5 Å². The molecular formula is C29H31N3O4. The van der Waals surface area contributed by atoms with Gasteiger partial charge in [0.15, 0.2) is 11.5 Å². The van der Waals surface area contributed by atoms with Crippen molar-refractivity contribution < 1.29 is 19.1 Å². The van der Waals surface area contributed by atoms with Gasteiger partial charge in [-0.2, -0.15) is 5.90 Å². The minimum atomic E-state index is -0.152. The van der Waals surface area contributed by atoms with Crippen LogP contribution in [0.5, 0.6) is 17.2 Å². The number of carbonyl (C=O) groups excluding carboxylic acids is 1. The van der Waals surface area contributed by atoms with Crippen LogP contribution in [0, 0.1) is 0 Å². The van der Waals surface area contributed by atoms with Crippen LogP contribution in [0.3, 0.4) is 0 Å². The highest BCUT2D eigenvalue weighted by molar-refractivity contribution is 5.98. The van der Waals surface area contributed by atoms with Gasteiger partial charge >= 0.3 is 0 Å². The topological polar surface area (TPSA) is 98.6 Å². The Balaban J connectivity index is 1.29. The van der Waals surface area contributed by atoms with Crippen molar-refractivity contribution in [1.82, 2.24) is 10.3 Å². The highest BCUT2D eigenvalue weighted by Crippen LogP contribution is 2.43. The molecule has 0 unspecified atom stereocenters. The highest BCUT2D eigenvalue weighted by atomic mass is 16.6. The van der Waals surface area contributed by atoms with E-state index in [1.807, 2.05) is 72.8 Å². The number of hydrogen-bond acceptors (Lipinski definition) is 5. The minimum Gasteiger partial charge on any atom is -0.493 e. The van der Waals surface area contributed by atoms with Crippen LogP contribution >= 0.6 is 0 Å². The lowest BCUT2D eigenvalue weighted by molar-refractivity contribution is 0.0939. The van der Waals surface area contributed by atoms with E-state index in [1.54, 1.807) is 7.11 Å². The van der Waals surface area contributed by atoms with Gasteiger partial charge in [-0.3, -0.25) is 4.79 Å². The molecule has 1 heterocycles. The average Bonchev–Trinajstić information content (AvgIpc) is 3.58. The average molecular weight is 486 g/mol. The SMILES string of the molecule is COc1cc(C2(CNC(=O)c3cc4cc(OCc5ccccc5)ccc4[nH]3)CCCC2)ccc1ON. The second-order valence-electron chi connectivity index (χ2n) is 9.36. The van der Waals surface area contributed by atoms with Crippen LogP contribution in [0.25, 0.3) is 10.9 Å². The maximum absolute atomic E-state index is 13.1. The van der Waals surface area contributed by atoms with Crippen molar-refractivity contribution in [3.63, 3.8) is 0 Å². The van der Waals surface area contributed by atoms with Gasteiger partial charge in [-0.05, 0) is 60.4 Å². The Bertz CT molecular complexity index is 1340. The van der Waals surface area contributed by atoms with Gasteiger partial charge in [-0.25, -0.2) is 0 Å². The van der Waals surface area contributed by atoms with Crippen molar-refractivity contribution >= 4 is 16.8 Å². The number of nitrogens with one attached hydrogen (secondary N) is 2. The van der Waals surface area contributed by atoms with Crippen LogP contribution in [-0.2, 0) is 12.0 Å². The molecule has 1 amide bonds. The molecule has 0 radical (unpaired) electrons. The number of rotatable bonds is 9. The zero-order valence-corrected chi connectivity index (χ0v) is 20.4. The van der Waals surface area contributed by atoms with Crippen molar-refractivity contribution in [3.05, 3.63) is 89.6 Å². The summed E-state index contributed by atoms with van der Waals surface area (Å²) in [7, 11) is 1.60. The lowest BCUT2D eigenvalue weighted by Gasteiger charge is -2.30. The lowest BCUT2D eigenvalue weighted by Crippen LogP contribution is -2.39. The fourth-order valence-corrected chi connectivity index (χ4v) is 5.12. The molecule has 0 bridgehead atoms. The van der Waals surface area contributed by atoms with Crippen LogP contribution < -0.4 is 25.5 Å². The number of ether oxygens (including phenoxy) is 2. The normalized spacial score (nSPS) is 14.5. The Kier molecular flexibility index (Phi) is 6.82. The van der Waals surface area contributed by atoms with Crippen LogP contribution in [0.2, 0.25) is 0 Å². The second kappa shape index (κ2) is 10.3. The Morgan fingerprint density at radius 1 is 1.00 bits per heavy atom. The lowest BCUT2D eigenvalue weighted by atomic mass is 9.78. The standard InChI is InChI=1S/C29H31N3O4/c1-34-27-17-22(9-12-26(27)36-30)29(13-5-6-14-29)19-31-28(33)25-16-21-15-23(10-11-24(21)32-25)35-18-20-7-3-2-4-8-20/h2-4,7-12,15-17,32H,5-6,13-14,18-19,30H2,1H3,(H,31,33). The molecule has 0 spiro atoms. The molecule has 0 saturated heterocycles. The summed E-state index contributed by atoms with van der Waals surface area (Å²) < 4.78 is 11.4. The molecule has 5 rings (SSSR count). The third kappa shape index (κ3) is 4.88. The second-order valence-corrected chi connectivity index (χ2v) is 9.36. The number of aromatic amines is 1. The highest BCUT2D eigenvalue weighted by Gasteiger charge is 2.36. The first-order valence-corrected chi connectivity index (χ1v) is 12.2. The van der Waals surface area contributed by atoms with Crippen molar-refractivity contribution in [2.45, 2.75) is 37.7 Å². The van der Waals surface area contributed by atoms with E-state index < -0.39 is 0 Å². The molecule has 7 heteroatoms. The molecule has 0 aliphatic heterocycles. The molecule has 1 aliphatic rings. The summed E-state index contributed by atoms with van der Waals surface area (Å²) in [5, 5.41) is 4.10. The van der Waals surface area contributed by atoms with Gasteiger partial charge in [0, 0.05) is 22.9 Å². The van der Waals surface area contributed by atoms with E-state index in [2.05, 4.69) is 10.3 Å². The van der Waals surface area contributed by atoms with E-state index in [9.17, 15) is 4.79 Å². The summed E-state index contributed by atoms with van der Waals surface area (Å²) in [6.07, 6.45) is 4.22. The monoisotopic (exact) mass is 485 g/mol. The summed E-state index contributed by atoms with van der Waals surface area (Å²) in [4.78, 5) is 21.3. The van der Waals surface area contributed by atoms with Crippen molar-refractivity contribution in [2.24, 2.45) is 5.90 Å². The maximum atomic E-state index is 13.1. The fraction of sp³-hybridized carbons (Fsp3) is 0.276. The van der Waals surface area contributed by atoms with Crippen molar-refractivity contribution in [3.8, 4) is 17.2 Å². The number of hydrogen-bond donors (Lipinski definition) is 3. The fourth-order valence-electron chi connectivity index (χ4n) is 5.12. The molecule has 4 N–H and O–H groups in total. The summed E-state index contributed by atoms with van der Waals surface area (Å²) in [5.74, 6) is 7.08. The maximum Gasteiger partial charge on any atom is 0.267 e. The van der Waals surface area contributed by atoms with Crippen LogP contribution in [0.1, 0.15) is 47.3 Å². The number of nitrogens with two attached hydrogens (primary N) is 1. The minimum absolute atomic E-state index is 0.127. The third-order valence-corrected chi connectivity index (χ3v) is 7.14. The Morgan fingerprint density at radius 3 is 2.56 bits per heavy atom. The van der Waals surface area contributed by atoms with Gasteiger partial charge in [-0.1, -0.05) is 49.2 Å². The van der Waals surface area contributed by atoms with E-state index >= 15 is 0 Å². The summed E-state index contributed by atoms with van der Waals surface area (Å²) in [6, 6.07) is 23.5. The Labute approximate surface area is 210 Å². The van der Waals surface area contributed by atoms with E-state index in [-0.39, 0.29) is 11.3 Å². The number of aromatic nitrogens is 1. The molecule has 1 saturated carbocycles. The summed E-state index contributed by atoms with van der Waals surface area (Å²) in [6.45, 7) is 1.04. The largest absolute Gasteiger partial charge is 0.493 e. The summed E-state index contributed by atoms with van der Waals surface area (Å²) >= 11 is 0. The smallest absolute Gasteiger partial charge is 0.267 e. The molecular weight excluding hydrogens is 454 g/mol. The number of methoxy groups -OCH3 is 1. The number of benzene rings is 3. The molecule has 3 aromatic carbocycles.